The summed E-state index contributed by atoms with van der Waals surface area (Å²) in [7, 11) is 0. The summed E-state index contributed by atoms with van der Waals surface area (Å²) in [4.78, 5) is 23.3. The monoisotopic (exact) mass is 308 g/mol. The number of nitrogens with one attached hydrogen (secondary N) is 2. The Kier molecular flexibility index (Phi) is 4.53. The number of cyclic esters (lactones) is 1. The second kappa shape index (κ2) is 6.18. The molecule has 2 amide bonds. The number of halogens is 1. The normalized spacial score (nSPS) is 17.7. The average molecular weight is 309 g/mol. The Bertz CT molecular complexity index is 625. The zero-order valence-corrected chi connectivity index (χ0v) is 12.9. The van der Waals surface area contributed by atoms with Crippen molar-refractivity contribution >= 4 is 29.3 Å². The van der Waals surface area contributed by atoms with Gasteiger partial charge in [0, 0.05) is 10.7 Å². The molecule has 0 fully saturated rings. The molecule has 2 N–H and O–H groups in total. The Hall–Kier alpha value is -2.01. The molecule has 1 aromatic carbocycles. The van der Waals surface area contributed by atoms with Gasteiger partial charge in [0.2, 0.25) is 0 Å². The van der Waals surface area contributed by atoms with E-state index < -0.39 is 18.1 Å². The van der Waals surface area contributed by atoms with Gasteiger partial charge in [-0.1, -0.05) is 24.6 Å². The third-order valence-corrected chi connectivity index (χ3v) is 3.69. The largest absolute Gasteiger partial charge is 0.453 e. The van der Waals surface area contributed by atoms with Crippen LogP contribution in [0, 0.1) is 0 Å². The number of urea groups is 1. The molecule has 6 heteroatoms. The third kappa shape index (κ3) is 3.36. The third-order valence-electron chi connectivity index (χ3n) is 3.34. The molecule has 1 unspecified atom stereocenters. The molecule has 0 spiro atoms. The first kappa shape index (κ1) is 15.4. The Morgan fingerprint density at radius 3 is 2.62 bits per heavy atom. The van der Waals surface area contributed by atoms with Crippen LogP contribution in [0.1, 0.15) is 26.3 Å². The first-order valence-electron chi connectivity index (χ1n) is 6.70. The van der Waals surface area contributed by atoms with Crippen molar-refractivity contribution in [3.05, 3.63) is 40.1 Å². The van der Waals surface area contributed by atoms with E-state index in [0.29, 0.717) is 22.0 Å². The van der Waals surface area contributed by atoms with Crippen LogP contribution in [-0.2, 0) is 16.0 Å². The van der Waals surface area contributed by atoms with Crippen molar-refractivity contribution in [1.82, 2.24) is 5.32 Å². The minimum atomic E-state index is -0.450. The van der Waals surface area contributed by atoms with E-state index in [1.165, 1.54) is 0 Å². The fraction of sp³-hybridized carbons (Fsp3) is 0.333. The molecule has 1 atom stereocenters. The quantitative estimate of drug-likeness (QED) is 0.842. The van der Waals surface area contributed by atoms with Crippen LogP contribution in [0.4, 0.5) is 10.5 Å². The lowest BCUT2D eigenvalue weighted by molar-refractivity contribution is -0.139. The number of aryl methyl sites for hydroxylation is 1. The molecule has 0 saturated heterocycles. The molecule has 0 radical (unpaired) electrons. The Balaban J connectivity index is 2.06. The topological polar surface area (TPSA) is 67.4 Å². The fourth-order valence-corrected chi connectivity index (χ4v) is 2.43. The first-order chi connectivity index (χ1) is 9.92. The maximum absolute atomic E-state index is 12.0. The molecule has 1 aliphatic heterocycles. The van der Waals surface area contributed by atoms with Crippen LogP contribution in [-0.4, -0.2) is 18.1 Å². The van der Waals surface area contributed by atoms with Crippen LogP contribution in [0.2, 0.25) is 5.02 Å². The first-order valence-corrected chi connectivity index (χ1v) is 7.08. The van der Waals surface area contributed by atoms with Crippen molar-refractivity contribution < 1.29 is 14.3 Å². The molecule has 0 aromatic heterocycles. The van der Waals surface area contributed by atoms with Crippen LogP contribution in [0.3, 0.4) is 0 Å². The van der Waals surface area contributed by atoms with Gasteiger partial charge in [-0.25, -0.2) is 9.59 Å². The van der Waals surface area contributed by atoms with Gasteiger partial charge in [-0.3, -0.25) is 0 Å². The highest BCUT2D eigenvalue weighted by Gasteiger charge is 2.29. The van der Waals surface area contributed by atoms with E-state index in [0.717, 1.165) is 12.0 Å². The molecule has 1 aliphatic rings. The molecule has 2 rings (SSSR count). The number of anilines is 1. The molecule has 0 saturated carbocycles. The van der Waals surface area contributed by atoms with Gasteiger partial charge in [-0.15, -0.1) is 0 Å². The average Bonchev–Trinajstić information content (AvgIpc) is 2.65. The maximum atomic E-state index is 12.0. The summed E-state index contributed by atoms with van der Waals surface area (Å²) in [6, 6.07) is 4.91. The van der Waals surface area contributed by atoms with E-state index >= 15 is 0 Å². The maximum Gasteiger partial charge on any atom is 0.336 e. The van der Waals surface area contributed by atoms with Crippen molar-refractivity contribution in [2.24, 2.45) is 0 Å². The second-order valence-electron chi connectivity index (χ2n) is 4.83. The predicted molar refractivity (Wildman–Crippen MR) is 81.2 cm³/mol. The van der Waals surface area contributed by atoms with Crippen molar-refractivity contribution in [3.63, 3.8) is 0 Å². The lowest BCUT2D eigenvalue weighted by Gasteiger charge is -2.12. The molecule has 112 valence electrons. The molecule has 1 heterocycles. The zero-order chi connectivity index (χ0) is 15.6. The summed E-state index contributed by atoms with van der Waals surface area (Å²) in [6.45, 7) is 5.33. The van der Waals surface area contributed by atoms with Gasteiger partial charge in [-0.05, 0) is 38.0 Å². The Morgan fingerprint density at radius 2 is 2.10 bits per heavy atom. The van der Waals surface area contributed by atoms with E-state index in [1.54, 1.807) is 26.0 Å². The summed E-state index contributed by atoms with van der Waals surface area (Å²) < 4.78 is 5.01. The number of amides is 2. The molecule has 0 bridgehead atoms. The second-order valence-corrected chi connectivity index (χ2v) is 5.23. The minimum absolute atomic E-state index is 0.409. The van der Waals surface area contributed by atoms with Gasteiger partial charge in [0.05, 0.1) is 11.3 Å². The number of ether oxygens (including phenoxy) is 1. The van der Waals surface area contributed by atoms with Gasteiger partial charge in [0.25, 0.3) is 0 Å². The molecular weight excluding hydrogens is 292 g/mol. The number of hydrogen-bond acceptors (Lipinski definition) is 3. The van der Waals surface area contributed by atoms with Gasteiger partial charge in [0.1, 0.15) is 6.10 Å². The van der Waals surface area contributed by atoms with E-state index in [9.17, 15) is 9.59 Å². The number of carbonyl (C=O) groups is 2. The number of hydrogen-bond donors (Lipinski definition) is 2. The molecular formula is C15H17ClN2O3. The van der Waals surface area contributed by atoms with Crippen LogP contribution < -0.4 is 10.6 Å². The van der Waals surface area contributed by atoms with E-state index in [-0.39, 0.29) is 0 Å². The highest BCUT2D eigenvalue weighted by molar-refractivity contribution is 6.31. The van der Waals surface area contributed by atoms with E-state index in [4.69, 9.17) is 16.3 Å². The van der Waals surface area contributed by atoms with Crippen molar-refractivity contribution in [2.75, 3.05) is 5.32 Å². The molecule has 0 aliphatic carbocycles. The molecule has 5 nitrogen and oxygen atoms in total. The fourth-order valence-electron chi connectivity index (χ4n) is 2.11. The van der Waals surface area contributed by atoms with Crippen molar-refractivity contribution in [3.8, 4) is 0 Å². The standard InChI is InChI=1S/C15H17ClN2O3/c1-4-10-5-6-11(7-12(10)16)17-15(20)18-13-8(2)14(19)21-9(13)3/h5-7,9H,4H2,1-3H3,(H2,17,18,20). The SMILES string of the molecule is CCc1ccc(NC(=O)NC2=C(C)C(=O)OC2C)cc1Cl. The highest BCUT2D eigenvalue weighted by Crippen LogP contribution is 2.22. The van der Waals surface area contributed by atoms with Gasteiger partial charge in [-0.2, -0.15) is 0 Å². The minimum Gasteiger partial charge on any atom is -0.453 e. The number of benzene rings is 1. The number of rotatable bonds is 3. The van der Waals surface area contributed by atoms with Crippen LogP contribution in [0.15, 0.2) is 29.5 Å². The molecule has 21 heavy (non-hydrogen) atoms. The Morgan fingerprint density at radius 1 is 1.38 bits per heavy atom. The lowest BCUT2D eigenvalue weighted by Crippen LogP contribution is -2.31. The smallest absolute Gasteiger partial charge is 0.336 e. The van der Waals surface area contributed by atoms with Gasteiger partial charge in [0.15, 0.2) is 0 Å². The summed E-state index contributed by atoms with van der Waals surface area (Å²) in [6.07, 6.45) is 0.378. The number of carbonyl (C=O) groups excluding carboxylic acids is 2. The van der Waals surface area contributed by atoms with E-state index in [1.807, 2.05) is 13.0 Å². The summed E-state index contributed by atoms with van der Waals surface area (Å²) in [5, 5.41) is 5.94. The van der Waals surface area contributed by atoms with Gasteiger partial charge < -0.3 is 15.4 Å². The number of esters is 1. The van der Waals surface area contributed by atoms with Crippen molar-refractivity contribution in [2.45, 2.75) is 33.3 Å². The van der Waals surface area contributed by atoms with Crippen LogP contribution in [0.5, 0.6) is 0 Å². The van der Waals surface area contributed by atoms with Crippen LogP contribution in [0.25, 0.3) is 0 Å². The summed E-state index contributed by atoms with van der Waals surface area (Å²) in [5.41, 5.74) is 2.50. The lowest BCUT2D eigenvalue weighted by atomic mass is 10.1. The van der Waals surface area contributed by atoms with Crippen LogP contribution >= 0.6 is 11.6 Å². The van der Waals surface area contributed by atoms with Crippen molar-refractivity contribution in [1.29, 1.82) is 0 Å². The summed E-state index contributed by atoms with van der Waals surface area (Å²) >= 11 is 6.10. The summed E-state index contributed by atoms with van der Waals surface area (Å²) in [5.74, 6) is -0.409. The predicted octanol–water partition coefficient (Wildman–Crippen LogP) is 3.24. The highest BCUT2D eigenvalue weighted by atomic mass is 35.5. The van der Waals surface area contributed by atoms with Gasteiger partial charge >= 0.3 is 12.0 Å². The zero-order valence-electron chi connectivity index (χ0n) is 12.1. The molecule has 1 aromatic rings. The van der Waals surface area contributed by atoms with E-state index in [2.05, 4.69) is 10.6 Å². The Labute approximate surface area is 128 Å².